The minimum Gasteiger partial charge on any atom is -0.339 e. The highest BCUT2D eigenvalue weighted by Crippen LogP contribution is 2.25. The van der Waals surface area contributed by atoms with E-state index in [-0.39, 0.29) is 0 Å². The minimum absolute atomic E-state index is 0.527. The van der Waals surface area contributed by atoms with Gasteiger partial charge in [0.1, 0.15) is 5.00 Å². The molecule has 5 heteroatoms. The van der Waals surface area contributed by atoms with Crippen LogP contribution >= 0.6 is 11.3 Å². The standard InChI is InChI=1S/C7H10N2O2S/c1-5-3-4-12-6(5)9(11)7(10)8-2/h3-4,11H,1-2H3,(H,8,10). The maximum atomic E-state index is 10.9. The molecule has 1 rings (SSSR count). The highest BCUT2D eigenvalue weighted by molar-refractivity contribution is 7.14. The van der Waals surface area contributed by atoms with E-state index in [9.17, 15) is 10.0 Å². The van der Waals surface area contributed by atoms with Crippen molar-refractivity contribution < 1.29 is 10.0 Å². The van der Waals surface area contributed by atoms with Crippen molar-refractivity contribution in [3.63, 3.8) is 0 Å². The van der Waals surface area contributed by atoms with Crippen LogP contribution in [0.2, 0.25) is 0 Å². The van der Waals surface area contributed by atoms with Gasteiger partial charge in [0.2, 0.25) is 0 Å². The van der Waals surface area contributed by atoms with Gasteiger partial charge in [-0.2, -0.15) is 5.06 Å². The van der Waals surface area contributed by atoms with Crippen molar-refractivity contribution in [2.75, 3.05) is 12.1 Å². The summed E-state index contributed by atoms with van der Waals surface area (Å²) in [5.74, 6) is 0. The van der Waals surface area contributed by atoms with Crippen LogP contribution in [0.3, 0.4) is 0 Å². The zero-order chi connectivity index (χ0) is 9.14. The molecule has 0 saturated heterocycles. The molecule has 0 aliphatic carbocycles. The number of nitrogens with one attached hydrogen (secondary N) is 1. The first kappa shape index (κ1) is 9.02. The second kappa shape index (κ2) is 3.55. The number of hydroxylamine groups is 1. The fourth-order valence-electron chi connectivity index (χ4n) is 0.780. The van der Waals surface area contributed by atoms with Crippen LogP contribution in [0, 0.1) is 6.92 Å². The molecule has 0 atom stereocenters. The number of anilines is 1. The first-order valence-corrected chi connectivity index (χ1v) is 4.29. The molecule has 1 aromatic heterocycles. The summed E-state index contributed by atoms with van der Waals surface area (Å²) in [6.07, 6.45) is 0. The first-order valence-electron chi connectivity index (χ1n) is 3.41. The number of amides is 2. The lowest BCUT2D eigenvalue weighted by Gasteiger charge is -2.12. The minimum atomic E-state index is -0.527. The van der Waals surface area contributed by atoms with Crippen LogP contribution < -0.4 is 10.4 Å². The van der Waals surface area contributed by atoms with Crippen molar-refractivity contribution in [1.82, 2.24) is 5.32 Å². The second-order valence-corrected chi connectivity index (χ2v) is 3.17. The van der Waals surface area contributed by atoms with Crippen molar-refractivity contribution in [1.29, 1.82) is 0 Å². The Morgan fingerprint density at radius 2 is 2.42 bits per heavy atom. The van der Waals surface area contributed by atoms with E-state index in [0.29, 0.717) is 10.1 Å². The van der Waals surface area contributed by atoms with Crippen LogP contribution in [-0.4, -0.2) is 18.3 Å². The number of nitrogens with zero attached hydrogens (tertiary/aromatic N) is 1. The Labute approximate surface area is 74.4 Å². The SMILES string of the molecule is CNC(=O)N(O)c1sccc1C. The van der Waals surface area contributed by atoms with Gasteiger partial charge >= 0.3 is 6.03 Å². The molecule has 0 aliphatic heterocycles. The van der Waals surface area contributed by atoms with Gasteiger partial charge in [-0.25, -0.2) is 4.79 Å². The molecule has 0 saturated carbocycles. The van der Waals surface area contributed by atoms with Crippen LogP contribution in [0.1, 0.15) is 5.56 Å². The number of hydrogen-bond donors (Lipinski definition) is 2. The van der Waals surface area contributed by atoms with Gasteiger partial charge in [-0.05, 0) is 23.9 Å². The van der Waals surface area contributed by atoms with Gasteiger partial charge in [0.05, 0.1) is 0 Å². The summed E-state index contributed by atoms with van der Waals surface area (Å²) in [6, 6.07) is 1.31. The Morgan fingerprint density at radius 3 is 2.83 bits per heavy atom. The van der Waals surface area contributed by atoms with Gasteiger partial charge in [0.25, 0.3) is 0 Å². The van der Waals surface area contributed by atoms with E-state index in [1.165, 1.54) is 18.4 Å². The van der Waals surface area contributed by atoms with Gasteiger partial charge < -0.3 is 5.32 Å². The van der Waals surface area contributed by atoms with E-state index >= 15 is 0 Å². The lowest BCUT2D eigenvalue weighted by Crippen LogP contribution is -2.35. The number of aryl methyl sites for hydroxylation is 1. The van der Waals surface area contributed by atoms with Gasteiger partial charge in [-0.3, -0.25) is 5.21 Å². The molecule has 4 nitrogen and oxygen atoms in total. The van der Waals surface area contributed by atoms with Crippen molar-refractivity contribution in [3.05, 3.63) is 17.0 Å². The third-order valence-corrected chi connectivity index (χ3v) is 2.42. The predicted octanol–water partition coefficient (Wildman–Crippen LogP) is 1.59. The second-order valence-electron chi connectivity index (χ2n) is 2.28. The summed E-state index contributed by atoms with van der Waals surface area (Å²) in [6.45, 7) is 1.83. The Balaban J connectivity index is 2.84. The Morgan fingerprint density at radius 1 is 1.75 bits per heavy atom. The van der Waals surface area contributed by atoms with Gasteiger partial charge in [0, 0.05) is 7.05 Å². The normalized spacial score (nSPS) is 9.58. The topological polar surface area (TPSA) is 52.6 Å². The predicted molar refractivity (Wildman–Crippen MR) is 47.8 cm³/mol. The number of hydrogen-bond acceptors (Lipinski definition) is 3. The summed E-state index contributed by atoms with van der Waals surface area (Å²) < 4.78 is 0. The van der Waals surface area contributed by atoms with Crippen LogP contribution in [0.25, 0.3) is 0 Å². The molecule has 1 aromatic rings. The third kappa shape index (κ3) is 1.57. The van der Waals surface area contributed by atoms with Crippen LogP contribution in [0.5, 0.6) is 0 Å². The number of rotatable bonds is 1. The lowest BCUT2D eigenvalue weighted by atomic mass is 10.4. The van der Waals surface area contributed by atoms with E-state index in [4.69, 9.17) is 0 Å². The number of urea groups is 1. The van der Waals surface area contributed by atoms with Crippen molar-refractivity contribution in [2.45, 2.75) is 6.92 Å². The molecule has 0 radical (unpaired) electrons. The highest BCUT2D eigenvalue weighted by atomic mass is 32.1. The molecule has 2 amide bonds. The summed E-state index contributed by atoms with van der Waals surface area (Å²) in [7, 11) is 1.47. The molecule has 0 spiro atoms. The van der Waals surface area contributed by atoms with Crippen LogP contribution in [-0.2, 0) is 0 Å². The van der Waals surface area contributed by atoms with E-state index < -0.39 is 6.03 Å². The van der Waals surface area contributed by atoms with Crippen LogP contribution in [0.4, 0.5) is 9.80 Å². The largest absolute Gasteiger partial charge is 0.346 e. The number of carbonyl (C=O) groups excluding carboxylic acids is 1. The van der Waals surface area contributed by atoms with Gasteiger partial charge in [-0.15, -0.1) is 11.3 Å². The monoisotopic (exact) mass is 186 g/mol. The molecule has 0 bridgehead atoms. The van der Waals surface area contributed by atoms with E-state index in [0.717, 1.165) is 5.56 Å². The summed E-state index contributed by atoms with van der Waals surface area (Å²) in [5, 5.41) is 14.6. The maximum absolute atomic E-state index is 10.9. The number of thiophene rings is 1. The molecule has 66 valence electrons. The summed E-state index contributed by atoms with van der Waals surface area (Å²) in [5.41, 5.74) is 0.881. The Hall–Kier alpha value is -1.07. The molecule has 0 aliphatic rings. The van der Waals surface area contributed by atoms with E-state index in [1.807, 2.05) is 18.4 Å². The summed E-state index contributed by atoms with van der Waals surface area (Å²) in [4.78, 5) is 10.9. The summed E-state index contributed by atoms with van der Waals surface area (Å²) >= 11 is 1.32. The number of carbonyl (C=O) groups is 1. The Bertz CT molecular complexity index is 285. The highest BCUT2D eigenvalue weighted by Gasteiger charge is 2.13. The fraction of sp³-hybridized carbons (Fsp3) is 0.286. The molecule has 0 fully saturated rings. The lowest BCUT2D eigenvalue weighted by molar-refractivity contribution is 0.207. The molecule has 0 aromatic carbocycles. The van der Waals surface area contributed by atoms with Crippen LogP contribution in [0.15, 0.2) is 11.4 Å². The quantitative estimate of drug-likeness (QED) is 0.517. The van der Waals surface area contributed by atoms with Crippen molar-refractivity contribution >= 4 is 22.4 Å². The van der Waals surface area contributed by atoms with E-state index in [1.54, 1.807) is 0 Å². The average Bonchev–Trinajstić information content (AvgIpc) is 2.48. The van der Waals surface area contributed by atoms with Crippen molar-refractivity contribution in [3.8, 4) is 0 Å². The molecule has 12 heavy (non-hydrogen) atoms. The smallest absolute Gasteiger partial charge is 0.339 e. The average molecular weight is 186 g/mol. The molecular weight excluding hydrogens is 176 g/mol. The van der Waals surface area contributed by atoms with Crippen molar-refractivity contribution in [2.24, 2.45) is 0 Å². The van der Waals surface area contributed by atoms with E-state index in [2.05, 4.69) is 5.32 Å². The molecular formula is C7H10N2O2S. The molecule has 1 heterocycles. The molecule has 2 N–H and O–H groups in total. The molecule has 0 unspecified atom stereocenters. The fourth-order valence-corrected chi connectivity index (χ4v) is 1.62. The zero-order valence-corrected chi connectivity index (χ0v) is 7.68. The van der Waals surface area contributed by atoms with Gasteiger partial charge in [-0.1, -0.05) is 0 Å². The maximum Gasteiger partial charge on any atom is 0.346 e. The third-order valence-electron chi connectivity index (χ3n) is 1.43. The van der Waals surface area contributed by atoms with Gasteiger partial charge in [0.15, 0.2) is 0 Å². The first-order chi connectivity index (χ1) is 5.66. The zero-order valence-electron chi connectivity index (χ0n) is 6.87. The Kier molecular flexibility index (Phi) is 2.67.